The van der Waals surface area contributed by atoms with Crippen LogP contribution in [0.4, 0.5) is 4.79 Å². The maximum atomic E-state index is 15.6. The Balaban J connectivity index is 1.70. The summed E-state index contributed by atoms with van der Waals surface area (Å²) in [4.78, 5) is 53.6. The smallest absolute Gasteiger partial charge is 0.408 e. The summed E-state index contributed by atoms with van der Waals surface area (Å²) >= 11 is 1.07. The van der Waals surface area contributed by atoms with Gasteiger partial charge in [-0.3, -0.25) is 14.2 Å². The van der Waals surface area contributed by atoms with Crippen LogP contribution in [-0.2, 0) is 46.0 Å². The van der Waals surface area contributed by atoms with E-state index in [1.54, 1.807) is 51.1 Å². The lowest BCUT2D eigenvalue weighted by Gasteiger charge is -2.32. The van der Waals surface area contributed by atoms with E-state index in [0.29, 0.717) is 5.56 Å². The lowest BCUT2D eigenvalue weighted by Crippen LogP contribution is -2.44. The summed E-state index contributed by atoms with van der Waals surface area (Å²) in [7, 11) is -4.11. The van der Waals surface area contributed by atoms with Crippen LogP contribution < -0.4 is 10.6 Å². The molecule has 4 atom stereocenters. The Morgan fingerprint density at radius 3 is 1.86 bits per heavy atom. The fraction of sp³-hybridized carbons (Fsp3) is 0.378. The molecule has 2 N–H and O–H groups in total. The normalized spacial score (nSPS) is 14.3. The fourth-order valence-corrected chi connectivity index (χ4v) is 9.39. The van der Waals surface area contributed by atoms with Crippen LogP contribution in [0.5, 0.6) is 0 Å². The van der Waals surface area contributed by atoms with Gasteiger partial charge >= 0.3 is 12.1 Å². The second kappa shape index (κ2) is 20.6. The molecular weight excluding hydrogens is 760 g/mol. The van der Waals surface area contributed by atoms with Crippen LogP contribution >= 0.6 is 19.1 Å². The Kier molecular flexibility index (Phi) is 16.3. The van der Waals surface area contributed by atoms with Gasteiger partial charge < -0.3 is 24.6 Å². The van der Waals surface area contributed by atoms with E-state index in [9.17, 15) is 19.2 Å². The van der Waals surface area contributed by atoms with Crippen molar-refractivity contribution in [2.24, 2.45) is 11.3 Å². The fourth-order valence-electron chi connectivity index (χ4n) is 5.78. The van der Waals surface area contributed by atoms with E-state index in [0.717, 1.165) is 34.0 Å². The van der Waals surface area contributed by atoms with Gasteiger partial charge in [0, 0.05) is 17.3 Å². The van der Waals surface area contributed by atoms with Gasteiger partial charge in [-0.05, 0) is 61.9 Å². The molecule has 0 heterocycles. The van der Waals surface area contributed by atoms with Crippen LogP contribution in [0.3, 0.4) is 0 Å². The molecule has 304 valence electrons. The maximum absolute atomic E-state index is 15.6. The van der Waals surface area contributed by atoms with Crippen molar-refractivity contribution in [1.29, 1.82) is 0 Å². The maximum Gasteiger partial charge on any atom is 0.408 e. The number of rotatable bonds is 17. The zero-order valence-electron chi connectivity index (χ0n) is 33.9. The van der Waals surface area contributed by atoms with Crippen molar-refractivity contribution in [3.05, 3.63) is 132 Å². The first-order valence-corrected chi connectivity index (χ1v) is 21.9. The Labute approximate surface area is 341 Å². The minimum Gasteiger partial charge on any atom is -0.459 e. The number of ether oxygens (including phenoxy) is 2. The molecule has 12 heteroatoms. The molecular formula is C45H55N2O8PS. The molecule has 0 bridgehead atoms. The van der Waals surface area contributed by atoms with E-state index < -0.39 is 54.1 Å². The molecule has 0 aliphatic heterocycles. The van der Waals surface area contributed by atoms with Gasteiger partial charge in [0.2, 0.25) is 13.3 Å². The van der Waals surface area contributed by atoms with Gasteiger partial charge in [-0.2, -0.15) is 0 Å². The molecule has 10 nitrogen and oxygen atoms in total. The molecule has 2 amide bonds. The van der Waals surface area contributed by atoms with Crippen molar-refractivity contribution in [2.75, 3.05) is 18.5 Å². The second-order valence-corrected chi connectivity index (χ2v) is 19.5. The Morgan fingerprint density at radius 1 is 0.719 bits per heavy atom. The van der Waals surface area contributed by atoms with Crippen molar-refractivity contribution in [2.45, 2.75) is 78.9 Å². The van der Waals surface area contributed by atoms with Gasteiger partial charge in [-0.15, -0.1) is 0 Å². The number of nitrogens with one attached hydrogen (secondary N) is 2. The van der Waals surface area contributed by atoms with Crippen molar-refractivity contribution >= 4 is 42.2 Å². The first kappa shape index (κ1) is 45.0. The van der Waals surface area contributed by atoms with Crippen molar-refractivity contribution < 1.29 is 37.7 Å². The highest BCUT2D eigenvalue weighted by atomic mass is 32.2. The molecule has 0 radical (unpaired) electrons. The molecule has 4 aromatic rings. The summed E-state index contributed by atoms with van der Waals surface area (Å²) in [6.45, 7) is 12.1. The van der Waals surface area contributed by atoms with Gasteiger partial charge in [-0.1, -0.05) is 148 Å². The summed E-state index contributed by atoms with van der Waals surface area (Å²) < 4.78 is 33.0. The summed E-state index contributed by atoms with van der Waals surface area (Å²) in [5, 5.41) is 5.54. The van der Waals surface area contributed by atoms with Crippen molar-refractivity contribution in [3.8, 4) is 11.1 Å². The van der Waals surface area contributed by atoms with E-state index in [-0.39, 0.29) is 36.7 Å². The molecule has 4 aromatic carbocycles. The van der Waals surface area contributed by atoms with Crippen LogP contribution in [0.2, 0.25) is 0 Å². The number of amides is 2. The summed E-state index contributed by atoms with van der Waals surface area (Å²) in [5.41, 5.74) is 2.61. The van der Waals surface area contributed by atoms with E-state index in [1.165, 1.54) is 6.92 Å². The summed E-state index contributed by atoms with van der Waals surface area (Å²) in [6, 6.07) is 34.5. The minimum absolute atomic E-state index is 0.0327. The van der Waals surface area contributed by atoms with Crippen LogP contribution in [0.1, 0.15) is 70.9 Å². The first-order chi connectivity index (χ1) is 26.9. The highest BCUT2D eigenvalue weighted by Gasteiger charge is 2.42. The molecule has 0 saturated heterocycles. The van der Waals surface area contributed by atoms with Crippen LogP contribution in [0.15, 0.2) is 115 Å². The summed E-state index contributed by atoms with van der Waals surface area (Å²) in [6.07, 6.45) is -1.01. The lowest BCUT2D eigenvalue weighted by atomic mass is 9.97. The molecule has 1 unspecified atom stereocenters. The SMILES string of the molecule is C[C@H](NC(=O)[C@H](Cc1ccc(-c2ccccc2)cc1)CP(=O)(OCCSC(=O)C(C)(C)C)[C@@H](NC(=O)OC(C)(C)C)c1ccccc1)C(=O)OCc1ccccc1. The van der Waals surface area contributed by atoms with E-state index in [2.05, 4.69) is 10.6 Å². The zero-order valence-corrected chi connectivity index (χ0v) is 35.6. The number of esters is 1. The average molecular weight is 815 g/mol. The molecule has 0 fully saturated rings. The first-order valence-electron chi connectivity index (χ1n) is 19.0. The zero-order chi connectivity index (χ0) is 41.6. The number of hydrogen-bond donors (Lipinski definition) is 2. The number of alkyl carbamates (subject to hydrolysis) is 1. The van der Waals surface area contributed by atoms with E-state index >= 15 is 4.57 Å². The third-order valence-corrected chi connectivity index (χ3v) is 12.8. The van der Waals surface area contributed by atoms with Crippen molar-refractivity contribution in [1.82, 2.24) is 10.6 Å². The molecule has 57 heavy (non-hydrogen) atoms. The summed E-state index contributed by atoms with van der Waals surface area (Å²) in [5.74, 6) is -3.21. The molecule has 0 aromatic heterocycles. The largest absolute Gasteiger partial charge is 0.459 e. The third-order valence-electron chi connectivity index (χ3n) is 8.73. The number of thioether (sulfide) groups is 1. The number of benzene rings is 4. The Hall–Kier alpha value is -4.70. The standard InChI is InChI=1S/C45H55N2O8PS/c1-32(41(49)53-30-34-17-11-8-12-18-34)46-39(48)38(29-33-23-25-36(26-24-33)35-19-13-9-14-20-35)31-56(52,54-27-28-57-42(50)44(2,3)4)40(37-21-15-10-16-22-37)47-43(51)55-45(5,6)7/h8-26,32,38,40H,27-31H2,1-7H3,(H,46,48)(H,47,51)/t32-,38+,40+,56?/m0/s1. The van der Waals surface area contributed by atoms with Gasteiger partial charge in [0.1, 0.15) is 24.0 Å². The Morgan fingerprint density at radius 2 is 1.28 bits per heavy atom. The second-order valence-electron chi connectivity index (χ2n) is 15.9. The predicted octanol–water partition coefficient (Wildman–Crippen LogP) is 9.58. The Bertz CT molecular complexity index is 1960. The topological polar surface area (TPSA) is 137 Å². The highest BCUT2D eigenvalue weighted by Crippen LogP contribution is 2.60. The quantitative estimate of drug-likeness (QED) is 0.0607. The van der Waals surface area contributed by atoms with Gasteiger partial charge in [0.15, 0.2) is 5.12 Å². The molecule has 0 aliphatic rings. The number of hydrogen-bond acceptors (Lipinski definition) is 9. The molecule has 0 aliphatic carbocycles. The van der Waals surface area contributed by atoms with Gasteiger partial charge in [-0.25, -0.2) is 9.59 Å². The van der Waals surface area contributed by atoms with Crippen molar-refractivity contribution in [3.63, 3.8) is 0 Å². The molecule has 4 rings (SSSR count). The molecule has 0 saturated carbocycles. The van der Waals surface area contributed by atoms with E-state index in [1.807, 2.05) is 106 Å². The number of carbonyl (C=O) groups is 4. The lowest BCUT2D eigenvalue weighted by molar-refractivity contribution is -0.149. The van der Waals surface area contributed by atoms with Crippen LogP contribution in [0, 0.1) is 11.3 Å². The monoisotopic (exact) mass is 814 g/mol. The highest BCUT2D eigenvalue weighted by molar-refractivity contribution is 8.13. The molecule has 0 spiro atoms. The van der Waals surface area contributed by atoms with Crippen LogP contribution in [-0.4, -0.2) is 53.2 Å². The number of carbonyl (C=O) groups excluding carboxylic acids is 4. The average Bonchev–Trinajstić information content (AvgIpc) is 3.17. The minimum atomic E-state index is -4.11. The van der Waals surface area contributed by atoms with E-state index in [4.69, 9.17) is 14.0 Å². The van der Waals surface area contributed by atoms with Crippen LogP contribution in [0.25, 0.3) is 11.1 Å². The van der Waals surface area contributed by atoms with Gasteiger partial charge in [0.25, 0.3) is 0 Å². The third kappa shape index (κ3) is 14.6. The predicted molar refractivity (Wildman–Crippen MR) is 227 cm³/mol. The van der Waals surface area contributed by atoms with Gasteiger partial charge in [0.05, 0.1) is 12.5 Å².